The molecule has 1 aromatic rings. The zero-order chi connectivity index (χ0) is 20.0. The first-order valence-electron chi connectivity index (χ1n) is 9.91. The van der Waals surface area contributed by atoms with Gasteiger partial charge in [-0.3, -0.25) is 4.79 Å². The molecule has 0 bridgehead atoms. The lowest BCUT2D eigenvalue weighted by Gasteiger charge is -2.29. The molecule has 156 valence electrons. The molecule has 0 aromatic heterocycles. The predicted octanol–water partition coefficient (Wildman–Crippen LogP) is 1.51. The highest BCUT2D eigenvalue weighted by Crippen LogP contribution is 2.19. The third-order valence-electron chi connectivity index (χ3n) is 5.18. The van der Waals surface area contributed by atoms with Gasteiger partial charge in [-0.05, 0) is 37.1 Å². The van der Waals surface area contributed by atoms with E-state index in [-0.39, 0.29) is 12.5 Å². The van der Waals surface area contributed by atoms with E-state index in [1.807, 2.05) is 24.3 Å². The lowest BCUT2D eigenvalue weighted by atomic mass is 10.2. The Bertz CT molecular complexity index is 740. The van der Waals surface area contributed by atoms with Gasteiger partial charge < -0.3 is 15.0 Å². The van der Waals surface area contributed by atoms with Crippen molar-refractivity contribution in [3.05, 3.63) is 24.3 Å². The molecule has 2 aliphatic rings. The number of hydrogen-bond acceptors (Lipinski definition) is 5. The van der Waals surface area contributed by atoms with Crippen molar-refractivity contribution in [1.82, 2.24) is 8.61 Å². The zero-order valence-corrected chi connectivity index (χ0v) is 17.3. The molecule has 0 spiro atoms. The summed E-state index contributed by atoms with van der Waals surface area (Å²) < 4.78 is 33.4. The highest BCUT2D eigenvalue weighted by atomic mass is 32.2. The Morgan fingerprint density at radius 3 is 2.25 bits per heavy atom. The molecule has 3 rings (SSSR count). The van der Waals surface area contributed by atoms with E-state index < -0.39 is 10.2 Å². The lowest BCUT2D eigenvalue weighted by Crippen LogP contribution is -2.45. The maximum absolute atomic E-state index is 12.7. The average molecular weight is 411 g/mol. The van der Waals surface area contributed by atoms with Crippen molar-refractivity contribution in [2.75, 3.05) is 63.2 Å². The smallest absolute Gasteiger partial charge is 0.282 e. The number of morpholine rings is 1. The van der Waals surface area contributed by atoms with Crippen molar-refractivity contribution in [2.24, 2.45) is 0 Å². The number of rotatable bonds is 6. The molecule has 0 aliphatic carbocycles. The van der Waals surface area contributed by atoms with Crippen molar-refractivity contribution >= 4 is 27.5 Å². The summed E-state index contributed by atoms with van der Waals surface area (Å²) in [5, 5.41) is 2.78. The van der Waals surface area contributed by atoms with Gasteiger partial charge in [0.05, 0.1) is 19.8 Å². The van der Waals surface area contributed by atoms with E-state index in [9.17, 15) is 13.2 Å². The van der Waals surface area contributed by atoms with E-state index in [0.29, 0.717) is 18.8 Å². The van der Waals surface area contributed by atoms with E-state index >= 15 is 0 Å². The Labute approximate surface area is 167 Å². The number of carbonyl (C=O) groups excluding carboxylic acids is 1. The monoisotopic (exact) mass is 410 g/mol. The summed E-state index contributed by atoms with van der Waals surface area (Å²) in [6, 6.07) is 7.59. The molecule has 0 radical (unpaired) electrons. The predicted molar refractivity (Wildman–Crippen MR) is 110 cm³/mol. The van der Waals surface area contributed by atoms with E-state index in [0.717, 1.165) is 62.0 Å². The standard InChI is InChI=1S/C19H30N4O4S/c1-21(28(25,26)23-10-4-2-3-5-11-23)16-19(24)20-17-6-8-18(9-7-17)22-12-14-27-15-13-22/h6-9H,2-5,10-16H2,1H3,(H,20,24). The number of ether oxygens (including phenoxy) is 1. The first-order valence-corrected chi connectivity index (χ1v) is 11.3. The van der Waals surface area contributed by atoms with Crippen molar-refractivity contribution in [2.45, 2.75) is 25.7 Å². The Morgan fingerprint density at radius 1 is 1.04 bits per heavy atom. The van der Waals surface area contributed by atoms with Crippen molar-refractivity contribution in [3.8, 4) is 0 Å². The fourth-order valence-electron chi connectivity index (χ4n) is 3.53. The van der Waals surface area contributed by atoms with Crippen LogP contribution in [0.3, 0.4) is 0 Å². The first kappa shape index (κ1) is 21.0. The van der Waals surface area contributed by atoms with Crippen LogP contribution < -0.4 is 10.2 Å². The van der Waals surface area contributed by atoms with Crippen LogP contribution in [0.15, 0.2) is 24.3 Å². The highest BCUT2D eigenvalue weighted by molar-refractivity contribution is 7.86. The molecule has 1 amide bonds. The SMILES string of the molecule is CN(CC(=O)Nc1ccc(N2CCOCC2)cc1)S(=O)(=O)N1CCCCCC1. The van der Waals surface area contributed by atoms with Crippen LogP contribution in [0.25, 0.3) is 0 Å². The first-order chi connectivity index (χ1) is 13.5. The minimum atomic E-state index is -3.61. The third kappa shape index (κ3) is 5.44. The summed E-state index contributed by atoms with van der Waals surface area (Å²) in [7, 11) is -2.15. The number of nitrogens with zero attached hydrogens (tertiary/aromatic N) is 3. The zero-order valence-electron chi connectivity index (χ0n) is 16.5. The normalized spacial score (nSPS) is 19.4. The molecular formula is C19H30N4O4S. The van der Waals surface area contributed by atoms with Crippen LogP contribution in [0.2, 0.25) is 0 Å². The summed E-state index contributed by atoms with van der Waals surface area (Å²) in [5.41, 5.74) is 1.74. The van der Waals surface area contributed by atoms with E-state index in [4.69, 9.17) is 4.74 Å². The minimum absolute atomic E-state index is 0.204. The Kier molecular flexibility index (Phi) is 7.28. The molecule has 28 heavy (non-hydrogen) atoms. The second-order valence-electron chi connectivity index (χ2n) is 7.27. The van der Waals surface area contributed by atoms with Crippen molar-refractivity contribution in [3.63, 3.8) is 0 Å². The van der Waals surface area contributed by atoms with Crippen molar-refractivity contribution in [1.29, 1.82) is 0 Å². The third-order valence-corrected chi connectivity index (χ3v) is 7.11. The van der Waals surface area contributed by atoms with Crippen molar-refractivity contribution < 1.29 is 17.9 Å². The van der Waals surface area contributed by atoms with E-state index in [1.165, 1.54) is 11.4 Å². The molecular weight excluding hydrogens is 380 g/mol. The minimum Gasteiger partial charge on any atom is -0.378 e. The molecule has 2 heterocycles. The molecule has 0 saturated carbocycles. The summed E-state index contributed by atoms with van der Waals surface area (Å²) in [6.07, 6.45) is 3.84. The fourth-order valence-corrected chi connectivity index (χ4v) is 4.93. The van der Waals surface area contributed by atoms with Gasteiger partial charge in [-0.15, -0.1) is 0 Å². The fraction of sp³-hybridized carbons (Fsp3) is 0.632. The number of benzene rings is 1. The number of hydrogen-bond donors (Lipinski definition) is 1. The quantitative estimate of drug-likeness (QED) is 0.769. The van der Waals surface area contributed by atoms with Gasteiger partial charge in [0, 0.05) is 44.6 Å². The van der Waals surface area contributed by atoms with Crippen LogP contribution in [0, 0.1) is 0 Å². The van der Waals surface area contributed by atoms with Crippen LogP contribution in [0.4, 0.5) is 11.4 Å². The second-order valence-corrected chi connectivity index (χ2v) is 9.31. The number of carbonyl (C=O) groups is 1. The van der Waals surface area contributed by atoms with Gasteiger partial charge in [0.1, 0.15) is 0 Å². The molecule has 9 heteroatoms. The van der Waals surface area contributed by atoms with Crippen LogP contribution in [-0.2, 0) is 19.7 Å². The van der Waals surface area contributed by atoms with Gasteiger partial charge in [0.25, 0.3) is 10.2 Å². The van der Waals surface area contributed by atoms with Crippen LogP contribution in [0.5, 0.6) is 0 Å². The second kappa shape index (κ2) is 9.69. The Morgan fingerprint density at radius 2 is 1.64 bits per heavy atom. The lowest BCUT2D eigenvalue weighted by molar-refractivity contribution is -0.116. The van der Waals surface area contributed by atoms with Gasteiger partial charge in [0.2, 0.25) is 5.91 Å². The Balaban J connectivity index is 1.54. The average Bonchev–Trinajstić information content (AvgIpc) is 2.99. The van der Waals surface area contributed by atoms with Crippen LogP contribution in [0.1, 0.15) is 25.7 Å². The maximum atomic E-state index is 12.7. The van der Waals surface area contributed by atoms with Gasteiger partial charge in [0.15, 0.2) is 0 Å². The molecule has 2 fully saturated rings. The molecule has 8 nitrogen and oxygen atoms in total. The number of nitrogens with one attached hydrogen (secondary N) is 1. The number of anilines is 2. The molecule has 1 aromatic carbocycles. The van der Waals surface area contributed by atoms with Crippen LogP contribution in [-0.4, -0.2) is 75.9 Å². The van der Waals surface area contributed by atoms with E-state index in [2.05, 4.69) is 10.2 Å². The largest absolute Gasteiger partial charge is 0.378 e. The molecule has 0 atom stereocenters. The topological polar surface area (TPSA) is 82.2 Å². The van der Waals surface area contributed by atoms with E-state index in [1.54, 1.807) is 0 Å². The maximum Gasteiger partial charge on any atom is 0.282 e. The molecule has 1 N–H and O–H groups in total. The summed E-state index contributed by atoms with van der Waals surface area (Å²) in [4.78, 5) is 14.6. The number of amides is 1. The van der Waals surface area contributed by atoms with Gasteiger partial charge in [-0.1, -0.05) is 12.8 Å². The number of likely N-dealkylation sites (N-methyl/N-ethyl adjacent to an activating group) is 1. The molecule has 2 saturated heterocycles. The Hall–Kier alpha value is -1.68. The van der Waals surface area contributed by atoms with Gasteiger partial charge in [-0.25, -0.2) is 0 Å². The highest BCUT2D eigenvalue weighted by Gasteiger charge is 2.28. The summed E-state index contributed by atoms with van der Waals surface area (Å²) in [6.45, 7) is 3.99. The van der Waals surface area contributed by atoms with Gasteiger partial charge >= 0.3 is 0 Å². The summed E-state index contributed by atoms with van der Waals surface area (Å²) in [5.74, 6) is -0.347. The van der Waals surface area contributed by atoms with Gasteiger partial charge in [-0.2, -0.15) is 17.0 Å². The summed E-state index contributed by atoms with van der Waals surface area (Å²) >= 11 is 0. The van der Waals surface area contributed by atoms with Crippen LogP contribution >= 0.6 is 0 Å². The molecule has 2 aliphatic heterocycles. The molecule has 0 unspecified atom stereocenters.